The van der Waals surface area contributed by atoms with Crippen LogP contribution in [0.4, 0.5) is 0 Å². The molecule has 3 aromatic heterocycles. The van der Waals surface area contributed by atoms with E-state index in [2.05, 4.69) is 16.0 Å². The van der Waals surface area contributed by atoms with Crippen LogP contribution in [0.25, 0.3) is 44.5 Å². The Morgan fingerprint density at radius 2 is 1.97 bits per heavy atom. The van der Waals surface area contributed by atoms with Crippen molar-refractivity contribution in [2.45, 2.75) is 0 Å². The number of halogens is 1. The molecular formula is C22H11ClN4O2. The van der Waals surface area contributed by atoms with E-state index >= 15 is 0 Å². The Bertz CT molecular complexity index is 1510. The highest BCUT2D eigenvalue weighted by Crippen LogP contribution is 2.36. The lowest BCUT2D eigenvalue weighted by molar-refractivity contribution is 0.602. The van der Waals surface area contributed by atoms with Crippen molar-refractivity contribution in [1.29, 1.82) is 5.26 Å². The van der Waals surface area contributed by atoms with Gasteiger partial charge in [0.25, 0.3) is 0 Å². The molecule has 0 aliphatic rings. The average molecular weight is 399 g/mol. The van der Waals surface area contributed by atoms with Crippen LogP contribution in [-0.2, 0) is 0 Å². The molecule has 5 aromatic rings. The second-order valence-electron chi connectivity index (χ2n) is 6.49. The number of pyridine rings is 2. The Balaban J connectivity index is 1.85. The molecule has 5 rings (SSSR count). The molecular weight excluding hydrogens is 388 g/mol. The smallest absolute Gasteiger partial charge is 0.249 e. The number of oxazole rings is 1. The van der Waals surface area contributed by atoms with Gasteiger partial charge in [0.15, 0.2) is 12.0 Å². The van der Waals surface area contributed by atoms with Crippen LogP contribution >= 0.6 is 11.6 Å². The summed E-state index contributed by atoms with van der Waals surface area (Å²) < 4.78 is 5.44. The number of H-pyrrole nitrogens is 1. The molecule has 1 N–H and O–H groups in total. The highest BCUT2D eigenvalue weighted by molar-refractivity contribution is 6.35. The maximum atomic E-state index is 11.8. The number of aromatic amines is 1. The number of rotatable bonds is 2. The number of hydrogen-bond acceptors (Lipinski definition) is 5. The third kappa shape index (κ3) is 2.94. The summed E-state index contributed by atoms with van der Waals surface area (Å²) in [6.07, 6.45) is 1.35. The Kier molecular flexibility index (Phi) is 3.90. The Hall–Kier alpha value is -3.95. The number of fused-ring (bicyclic) bond motifs is 2. The van der Waals surface area contributed by atoms with Crippen LogP contribution in [0.2, 0.25) is 5.02 Å². The van der Waals surface area contributed by atoms with Gasteiger partial charge in [0, 0.05) is 22.6 Å². The first-order chi connectivity index (χ1) is 14.1. The maximum Gasteiger partial charge on any atom is 0.249 e. The lowest BCUT2D eigenvalue weighted by Gasteiger charge is -2.12. The maximum absolute atomic E-state index is 11.8. The van der Waals surface area contributed by atoms with Crippen LogP contribution < -0.4 is 5.56 Å². The molecule has 3 heterocycles. The summed E-state index contributed by atoms with van der Waals surface area (Å²) in [5.74, 6) is 0. The Labute approximate surface area is 169 Å². The van der Waals surface area contributed by atoms with Crippen LogP contribution in [0.3, 0.4) is 0 Å². The summed E-state index contributed by atoms with van der Waals surface area (Å²) in [6, 6.07) is 18.0. The number of nitrogens with zero attached hydrogens (tertiary/aromatic N) is 3. The topological polar surface area (TPSA) is 95.6 Å². The van der Waals surface area contributed by atoms with Gasteiger partial charge in [-0.15, -0.1) is 0 Å². The monoisotopic (exact) mass is 398 g/mol. The fourth-order valence-electron chi connectivity index (χ4n) is 3.34. The van der Waals surface area contributed by atoms with E-state index in [-0.39, 0.29) is 5.56 Å². The highest BCUT2D eigenvalue weighted by Gasteiger charge is 2.15. The van der Waals surface area contributed by atoms with Gasteiger partial charge in [0.05, 0.1) is 22.3 Å². The second kappa shape index (κ2) is 6.59. The van der Waals surface area contributed by atoms with Crippen LogP contribution in [-0.4, -0.2) is 15.0 Å². The van der Waals surface area contributed by atoms with E-state index in [9.17, 15) is 10.1 Å². The minimum absolute atomic E-state index is 0.236. The van der Waals surface area contributed by atoms with Crippen molar-refractivity contribution in [2.75, 3.05) is 0 Å². The van der Waals surface area contributed by atoms with Crippen molar-refractivity contribution in [2.24, 2.45) is 0 Å². The van der Waals surface area contributed by atoms with Gasteiger partial charge in [-0.1, -0.05) is 23.7 Å². The van der Waals surface area contributed by atoms with E-state index in [1.165, 1.54) is 12.5 Å². The highest BCUT2D eigenvalue weighted by atomic mass is 35.5. The van der Waals surface area contributed by atoms with Crippen LogP contribution in [0.5, 0.6) is 0 Å². The molecule has 0 aliphatic heterocycles. The number of aromatic nitrogens is 3. The van der Waals surface area contributed by atoms with Crippen molar-refractivity contribution < 1.29 is 4.42 Å². The first kappa shape index (κ1) is 17.2. The van der Waals surface area contributed by atoms with Crippen molar-refractivity contribution >= 4 is 33.7 Å². The average Bonchev–Trinajstić information content (AvgIpc) is 3.22. The molecule has 0 spiro atoms. The van der Waals surface area contributed by atoms with Crippen LogP contribution in [0.1, 0.15) is 5.56 Å². The van der Waals surface area contributed by atoms with Gasteiger partial charge in [-0.25, -0.2) is 9.97 Å². The number of hydrogen-bond donors (Lipinski definition) is 1. The van der Waals surface area contributed by atoms with Gasteiger partial charge in [-0.2, -0.15) is 5.26 Å². The Morgan fingerprint density at radius 3 is 2.83 bits per heavy atom. The van der Waals surface area contributed by atoms with E-state index in [0.29, 0.717) is 33.0 Å². The largest absolute Gasteiger partial charge is 0.443 e. The molecule has 0 saturated carbocycles. The molecule has 0 unspecified atom stereocenters. The molecule has 138 valence electrons. The van der Waals surface area contributed by atoms with Crippen molar-refractivity contribution in [3.8, 4) is 28.5 Å². The molecule has 0 radical (unpaired) electrons. The third-order valence-corrected chi connectivity index (χ3v) is 4.96. The molecule has 0 aliphatic carbocycles. The zero-order valence-electron chi connectivity index (χ0n) is 14.8. The third-order valence-electron chi connectivity index (χ3n) is 4.67. The van der Waals surface area contributed by atoms with Gasteiger partial charge in [0.2, 0.25) is 5.56 Å². The molecule has 2 aromatic carbocycles. The summed E-state index contributed by atoms with van der Waals surface area (Å²) >= 11 is 6.41. The predicted octanol–water partition coefficient (Wildman–Crippen LogP) is 4.92. The molecule has 6 nitrogen and oxygen atoms in total. The van der Waals surface area contributed by atoms with E-state index in [4.69, 9.17) is 21.0 Å². The number of nitrogens with one attached hydrogen (secondary N) is 1. The SMILES string of the molecule is N#Cc1cccc(-c2nc3[nH]c(=O)ccc3cc2-c2cc(Cl)c3ncoc3c2)c1. The van der Waals surface area contributed by atoms with Crippen molar-refractivity contribution in [3.63, 3.8) is 0 Å². The van der Waals surface area contributed by atoms with Gasteiger partial charge in [0.1, 0.15) is 11.2 Å². The minimum Gasteiger partial charge on any atom is -0.443 e. The van der Waals surface area contributed by atoms with E-state index in [1.54, 1.807) is 30.3 Å². The molecule has 0 saturated heterocycles. The predicted molar refractivity (Wildman–Crippen MR) is 111 cm³/mol. The van der Waals surface area contributed by atoms with Crippen LogP contribution in [0.15, 0.2) is 70.2 Å². The number of nitriles is 1. The van der Waals surface area contributed by atoms with E-state index in [1.807, 2.05) is 18.2 Å². The summed E-state index contributed by atoms with van der Waals surface area (Å²) in [5.41, 5.74) is 4.84. The standard InChI is InChI=1S/C22H11ClN4O2/c23-17-8-15(9-18-21(17)25-11-29-18)16-7-14-4-5-19(28)26-22(14)27-20(16)13-3-1-2-12(6-13)10-24/h1-9,11H,(H,26,27,28). The molecule has 0 amide bonds. The molecule has 7 heteroatoms. The van der Waals surface area contributed by atoms with E-state index in [0.717, 1.165) is 22.1 Å². The fourth-order valence-corrected chi connectivity index (χ4v) is 3.60. The first-order valence-corrected chi connectivity index (χ1v) is 9.08. The first-order valence-electron chi connectivity index (χ1n) is 8.70. The zero-order valence-corrected chi connectivity index (χ0v) is 15.6. The molecule has 29 heavy (non-hydrogen) atoms. The van der Waals surface area contributed by atoms with E-state index < -0.39 is 0 Å². The zero-order chi connectivity index (χ0) is 20.0. The fraction of sp³-hybridized carbons (Fsp3) is 0. The van der Waals surface area contributed by atoms with Gasteiger partial charge in [-0.05, 0) is 42.0 Å². The van der Waals surface area contributed by atoms with Gasteiger partial charge in [-0.3, -0.25) is 4.79 Å². The number of benzene rings is 2. The second-order valence-corrected chi connectivity index (χ2v) is 6.90. The summed E-state index contributed by atoms with van der Waals surface area (Å²) in [6.45, 7) is 0. The lowest BCUT2D eigenvalue weighted by atomic mass is 9.97. The van der Waals surface area contributed by atoms with Crippen molar-refractivity contribution in [1.82, 2.24) is 15.0 Å². The summed E-state index contributed by atoms with van der Waals surface area (Å²) in [4.78, 5) is 23.4. The quantitative estimate of drug-likeness (QED) is 0.455. The summed E-state index contributed by atoms with van der Waals surface area (Å²) in [7, 11) is 0. The van der Waals surface area contributed by atoms with Crippen LogP contribution in [0, 0.1) is 11.3 Å². The molecule has 0 atom stereocenters. The normalized spacial score (nSPS) is 11.0. The van der Waals surface area contributed by atoms with Gasteiger partial charge < -0.3 is 9.40 Å². The van der Waals surface area contributed by atoms with Crippen molar-refractivity contribution in [3.05, 3.63) is 81.9 Å². The lowest BCUT2D eigenvalue weighted by Crippen LogP contribution is -2.04. The minimum atomic E-state index is -0.236. The molecule has 0 bridgehead atoms. The molecule has 0 fully saturated rings. The summed E-state index contributed by atoms with van der Waals surface area (Å²) in [5, 5.41) is 10.5. The van der Waals surface area contributed by atoms with Gasteiger partial charge >= 0.3 is 0 Å². The Morgan fingerprint density at radius 1 is 1.07 bits per heavy atom.